The van der Waals surface area contributed by atoms with Crippen LogP contribution in [-0.4, -0.2) is 16.2 Å². The van der Waals surface area contributed by atoms with Crippen molar-refractivity contribution in [3.8, 4) is 0 Å². The van der Waals surface area contributed by atoms with Crippen molar-refractivity contribution in [2.24, 2.45) is 5.41 Å². The third kappa shape index (κ3) is 3.27. The molecule has 3 heteroatoms. The van der Waals surface area contributed by atoms with Crippen molar-refractivity contribution in [1.82, 2.24) is 15.5 Å². The second-order valence-electron chi connectivity index (χ2n) is 5.55. The fraction of sp³-hybridized carbons (Fsp3) is 0.692. The molecule has 16 heavy (non-hydrogen) atoms. The summed E-state index contributed by atoms with van der Waals surface area (Å²) in [6.45, 7) is 5.57. The van der Waals surface area contributed by atoms with E-state index in [0.717, 1.165) is 12.2 Å². The lowest BCUT2D eigenvalue weighted by molar-refractivity contribution is 0.197. The summed E-state index contributed by atoms with van der Waals surface area (Å²) in [5.41, 5.74) is 1.53. The molecule has 1 unspecified atom stereocenters. The molecule has 0 bridgehead atoms. The first-order chi connectivity index (χ1) is 7.66. The van der Waals surface area contributed by atoms with Gasteiger partial charge in [0, 0.05) is 18.8 Å². The zero-order valence-corrected chi connectivity index (χ0v) is 10.2. The molecule has 1 fully saturated rings. The minimum Gasteiger partial charge on any atom is -0.308 e. The molecule has 1 atom stereocenters. The van der Waals surface area contributed by atoms with E-state index in [0.29, 0.717) is 11.5 Å². The zero-order chi connectivity index (χ0) is 11.4. The smallest absolute Gasteiger partial charge is 0.0769 e. The van der Waals surface area contributed by atoms with Crippen LogP contribution >= 0.6 is 0 Å². The van der Waals surface area contributed by atoms with Gasteiger partial charge in [0.2, 0.25) is 0 Å². The van der Waals surface area contributed by atoms with Crippen LogP contribution in [0.4, 0.5) is 0 Å². The summed E-state index contributed by atoms with van der Waals surface area (Å²) in [5.74, 6) is 0. The van der Waals surface area contributed by atoms with Gasteiger partial charge in [0.1, 0.15) is 0 Å². The third-order valence-corrected chi connectivity index (χ3v) is 3.40. The van der Waals surface area contributed by atoms with Gasteiger partial charge in [-0.1, -0.05) is 20.3 Å². The summed E-state index contributed by atoms with van der Waals surface area (Å²) in [7, 11) is 0. The maximum Gasteiger partial charge on any atom is 0.0769 e. The average molecular weight is 219 g/mol. The summed E-state index contributed by atoms with van der Waals surface area (Å²) in [4.78, 5) is 0. The van der Waals surface area contributed by atoms with Crippen LogP contribution < -0.4 is 5.32 Å². The summed E-state index contributed by atoms with van der Waals surface area (Å²) in [6.07, 6.45) is 6.98. The van der Waals surface area contributed by atoms with E-state index in [2.05, 4.69) is 29.4 Å². The highest BCUT2D eigenvalue weighted by Crippen LogP contribution is 2.35. The van der Waals surface area contributed by atoms with Gasteiger partial charge in [0.15, 0.2) is 0 Å². The van der Waals surface area contributed by atoms with Gasteiger partial charge in [0.25, 0.3) is 0 Å². The molecule has 1 aliphatic carbocycles. The fourth-order valence-electron chi connectivity index (χ4n) is 2.55. The fourth-order valence-corrected chi connectivity index (χ4v) is 2.55. The Balaban J connectivity index is 1.82. The predicted octanol–water partition coefficient (Wildman–Crippen LogP) is 2.54. The molecule has 0 aromatic carbocycles. The van der Waals surface area contributed by atoms with E-state index >= 15 is 0 Å². The first kappa shape index (κ1) is 11.5. The molecule has 0 aliphatic heterocycles. The highest BCUT2D eigenvalue weighted by molar-refractivity contribution is 4.99. The van der Waals surface area contributed by atoms with Crippen LogP contribution in [0, 0.1) is 5.41 Å². The molecular weight excluding hydrogens is 198 g/mol. The van der Waals surface area contributed by atoms with Crippen LogP contribution in [0.3, 0.4) is 0 Å². The zero-order valence-electron chi connectivity index (χ0n) is 10.2. The molecule has 88 valence electrons. The Bertz CT molecular complexity index is 321. The summed E-state index contributed by atoms with van der Waals surface area (Å²) in [5, 5.41) is 11.6. The van der Waals surface area contributed by atoms with Crippen molar-refractivity contribution in [1.29, 1.82) is 0 Å². The SMILES string of the molecule is CC1(C)CCCC(NCc2cccnn2)C1. The molecule has 0 radical (unpaired) electrons. The number of rotatable bonds is 3. The minimum atomic E-state index is 0.498. The summed E-state index contributed by atoms with van der Waals surface area (Å²) >= 11 is 0. The van der Waals surface area contributed by atoms with Crippen LogP contribution in [0.2, 0.25) is 0 Å². The van der Waals surface area contributed by atoms with Crippen LogP contribution in [0.5, 0.6) is 0 Å². The lowest BCUT2D eigenvalue weighted by atomic mass is 9.75. The maximum absolute atomic E-state index is 4.09. The molecule has 0 amide bonds. The molecule has 1 aliphatic rings. The Morgan fingerprint density at radius 3 is 3.06 bits per heavy atom. The quantitative estimate of drug-likeness (QED) is 0.849. The number of hydrogen-bond acceptors (Lipinski definition) is 3. The normalized spacial score (nSPS) is 24.2. The van der Waals surface area contributed by atoms with Crippen LogP contribution in [0.15, 0.2) is 18.3 Å². The highest BCUT2D eigenvalue weighted by Gasteiger charge is 2.27. The molecular formula is C13H21N3. The molecule has 1 N–H and O–H groups in total. The molecule has 1 heterocycles. The van der Waals surface area contributed by atoms with Crippen molar-refractivity contribution in [3.05, 3.63) is 24.0 Å². The first-order valence-electron chi connectivity index (χ1n) is 6.16. The predicted molar refractivity (Wildman–Crippen MR) is 64.9 cm³/mol. The van der Waals surface area contributed by atoms with Crippen molar-refractivity contribution in [2.75, 3.05) is 0 Å². The van der Waals surface area contributed by atoms with Crippen LogP contribution in [0.25, 0.3) is 0 Å². The standard InChI is InChI=1S/C13H21N3/c1-13(2)7-3-5-11(9-13)14-10-12-6-4-8-15-16-12/h4,6,8,11,14H,3,5,7,9-10H2,1-2H3. The Labute approximate surface area is 97.7 Å². The van der Waals surface area contributed by atoms with Crippen molar-refractivity contribution in [2.45, 2.75) is 52.1 Å². The lowest BCUT2D eigenvalue weighted by Gasteiger charge is -2.35. The van der Waals surface area contributed by atoms with E-state index in [4.69, 9.17) is 0 Å². The summed E-state index contributed by atoms with van der Waals surface area (Å²) < 4.78 is 0. The van der Waals surface area contributed by atoms with E-state index in [-0.39, 0.29) is 0 Å². The van der Waals surface area contributed by atoms with Crippen LogP contribution in [-0.2, 0) is 6.54 Å². The molecule has 1 aromatic rings. The van der Waals surface area contributed by atoms with E-state index in [1.165, 1.54) is 25.7 Å². The van der Waals surface area contributed by atoms with Crippen molar-refractivity contribution < 1.29 is 0 Å². The Morgan fingerprint density at radius 2 is 2.38 bits per heavy atom. The van der Waals surface area contributed by atoms with Gasteiger partial charge in [-0.05, 0) is 36.8 Å². The van der Waals surface area contributed by atoms with Crippen molar-refractivity contribution in [3.63, 3.8) is 0 Å². The summed E-state index contributed by atoms with van der Waals surface area (Å²) in [6, 6.07) is 4.61. The molecule has 2 rings (SSSR count). The second-order valence-corrected chi connectivity index (χ2v) is 5.55. The van der Waals surface area contributed by atoms with E-state index in [1.807, 2.05) is 12.1 Å². The van der Waals surface area contributed by atoms with Gasteiger partial charge >= 0.3 is 0 Å². The van der Waals surface area contributed by atoms with Gasteiger partial charge in [-0.3, -0.25) is 0 Å². The maximum atomic E-state index is 4.09. The minimum absolute atomic E-state index is 0.498. The topological polar surface area (TPSA) is 37.8 Å². The van der Waals surface area contributed by atoms with Gasteiger partial charge < -0.3 is 5.32 Å². The van der Waals surface area contributed by atoms with E-state index < -0.39 is 0 Å². The van der Waals surface area contributed by atoms with E-state index in [1.54, 1.807) is 6.20 Å². The van der Waals surface area contributed by atoms with Crippen molar-refractivity contribution >= 4 is 0 Å². The lowest BCUT2D eigenvalue weighted by Crippen LogP contribution is -2.37. The van der Waals surface area contributed by atoms with E-state index in [9.17, 15) is 0 Å². The van der Waals surface area contributed by atoms with Gasteiger partial charge in [-0.2, -0.15) is 10.2 Å². The van der Waals surface area contributed by atoms with Crippen LogP contribution in [0.1, 0.15) is 45.2 Å². The number of nitrogens with one attached hydrogen (secondary N) is 1. The Hall–Kier alpha value is -0.960. The Kier molecular flexibility index (Phi) is 3.54. The largest absolute Gasteiger partial charge is 0.308 e. The van der Waals surface area contributed by atoms with Gasteiger partial charge in [-0.25, -0.2) is 0 Å². The Morgan fingerprint density at radius 1 is 1.50 bits per heavy atom. The molecule has 1 aromatic heterocycles. The molecule has 3 nitrogen and oxygen atoms in total. The highest BCUT2D eigenvalue weighted by atomic mass is 15.1. The molecule has 0 saturated heterocycles. The second kappa shape index (κ2) is 4.91. The molecule has 0 spiro atoms. The average Bonchev–Trinajstić information content (AvgIpc) is 2.27. The van der Waals surface area contributed by atoms with Gasteiger partial charge in [-0.15, -0.1) is 0 Å². The first-order valence-corrected chi connectivity index (χ1v) is 6.16. The molecule has 1 saturated carbocycles. The van der Waals surface area contributed by atoms with Gasteiger partial charge in [0.05, 0.1) is 5.69 Å². The third-order valence-electron chi connectivity index (χ3n) is 3.40. The number of hydrogen-bond donors (Lipinski definition) is 1. The number of nitrogens with zero attached hydrogens (tertiary/aromatic N) is 2. The monoisotopic (exact) mass is 219 g/mol. The number of aromatic nitrogens is 2.